The molecule has 11 heteroatoms. The zero-order valence-corrected chi connectivity index (χ0v) is 26.7. The minimum Gasteiger partial charge on any atom is -0.454 e. The third-order valence-corrected chi connectivity index (χ3v) is 9.72. The number of nitriles is 1. The molecule has 1 aliphatic carbocycles. The van der Waals surface area contributed by atoms with Crippen molar-refractivity contribution in [2.24, 2.45) is 11.3 Å². The summed E-state index contributed by atoms with van der Waals surface area (Å²) in [7, 11) is 0. The van der Waals surface area contributed by atoms with E-state index in [9.17, 15) is 24.4 Å². The van der Waals surface area contributed by atoms with Crippen molar-refractivity contribution < 1.29 is 23.9 Å². The molecule has 2 aromatic carbocycles. The molecule has 1 saturated heterocycles. The number of carbonyl (C=O) groups is 4. The second kappa shape index (κ2) is 12.7. The van der Waals surface area contributed by atoms with Gasteiger partial charge in [0.2, 0.25) is 17.6 Å². The minimum atomic E-state index is -0.751. The quantitative estimate of drug-likeness (QED) is 0.154. The molecule has 2 atom stereocenters. The summed E-state index contributed by atoms with van der Waals surface area (Å²) in [4.78, 5) is 57.1. The van der Waals surface area contributed by atoms with Gasteiger partial charge >= 0.3 is 5.97 Å². The molecule has 1 fully saturated rings. The molecule has 3 aromatic rings. The van der Waals surface area contributed by atoms with E-state index in [1.807, 2.05) is 6.07 Å². The van der Waals surface area contributed by atoms with Gasteiger partial charge in [0.1, 0.15) is 11.1 Å². The lowest BCUT2D eigenvalue weighted by Gasteiger charge is -2.34. The smallest absolute Gasteiger partial charge is 0.338 e. The highest BCUT2D eigenvalue weighted by molar-refractivity contribution is 8.00. The lowest BCUT2D eigenvalue weighted by Crippen LogP contribution is -2.31. The van der Waals surface area contributed by atoms with E-state index in [1.54, 1.807) is 0 Å². The first-order valence-corrected chi connectivity index (χ1v) is 15.7. The molecule has 2 aliphatic rings. The Morgan fingerprint density at radius 3 is 2.48 bits per heavy atom. The molecule has 226 valence electrons. The number of hydrogen-bond acceptors (Lipinski definition) is 8. The van der Waals surface area contributed by atoms with Crippen LogP contribution < -0.4 is 4.90 Å². The van der Waals surface area contributed by atoms with Crippen molar-refractivity contribution in [3.63, 3.8) is 0 Å². The first-order valence-electron chi connectivity index (χ1n) is 14.1. The molecular weight excluding hydrogens is 621 g/mol. The summed E-state index contributed by atoms with van der Waals surface area (Å²) in [5.41, 5.74) is 3.20. The number of amides is 2. The lowest BCUT2D eigenvalue weighted by molar-refractivity contribution is -0.121. The van der Waals surface area contributed by atoms with E-state index in [2.05, 4.69) is 26.8 Å². The molecule has 1 aromatic heterocycles. The number of hydrogen-bond donors (Lipinski definition) is 0. The molecule has 2 heterocycles. The Balaban J connectivity index is 1.24. The Hall–Kier alpha value is -3.71. The number of benzene rings is 2. The SMILES string of the molecule is CC(C)(C)C1CCc2nc(SC3CC(=O)N(c4ccc(C(=O)OCC(=O)c5ccc(Cl)cc5Cl)cc4)C3=O)c(C#N)cc2C1. The number of ketones is 1. The third-order valence-electron chi connectivity index (χ3n) is 7.98. The number of pyridine rings is 1. The van der Waals surface area contributed by atoms with Gasteiger partial charge in [0.05, 0.1) is 27.1 Å². The molecule has 0 spiro atoms. The maximum absolute atomic E-state index is 13.4. The molecule has 0 radical (unpaired) electrons. The lowest BCUT2D eigenvalue weighted by atomic mass is 9.71. The van der Waals surface area contributed by atoms with Crippen molar-refractivity contribution in [1.82, 2.24) is 4.98 Å². The average Bonchev–Trinajstić information content (AvgIpc) is 3.26. The Kier molecular flexibility index (Phi) is 9.17. The van der Waals surface area contributed by atoms with Gasteiger partial charge in [-0.2, -0.15) is 5.26 Å². The van der Waals surface area contributed by atoms with Crippen molar-refractivity contribution in [2.45, 2.75) is 56.7 Å². The number of thioether (sulfide) groups is 1. The Bertz CT molecular complexity index is 1710. The number of aryl methyl sites for hydroxylation is 1. The number of imide groups is 1. The van der Waals surface area contributed by atoms with Gasteiger partial charge in [0, 0.05) is 22.7 Å². The van der Waals surface area contributed by atoms with Crippen LogP contribution in [0.2, 0.25) is 10.0 Å². The van der Waals surface area contributed by atoms with Gasteiger partial charge in [-0.15, -0.1) is 0 Å². The van der Waals surface area contributed by atoms with Crippen molar-refractivity contribution >= 4 is 64.2 Å². The van der Waals surface area contributed by atoms with Crippen LogP contribution in [-0.4, -0.2) is 40.4 Å². The summed E-state index contributed by atoms with van der Waals surface area (Å²) in [6.45, 7) is 6.15. The maximum Gasteiger partial charge on any atom is 0.338 e. The number of Topliss-reactive ketones (excluding diaryl/α,β-unsaturated/α-hetero) is 1. The topological polar surface area (TPSA) is 117 Å². The highest BCUT2D eigenvalue weighted by Crippen LogP contribution is 2.40. The third kappa shape index (κ3) is 6.68. The van der Waals surface area contributed by atoms with Crippen LogP contribution in [-0.2, 0) is 27.2 Å². The van der Waals surface area contributed by atoms with Gasteiger partial charge in [-0.3, -0.25) is 14.4 Å². The van der Waals surface area contributed by atoms with Crippen LogP contribution in [0.5, 0.6) is 0 Å². The summed E-state index contributed by atoms with van der Waals surface area (Å²) in [5, 5.41) is 10.1. The van der Waals surface area contributed by atoms with Crippen LogP contribution in [0.1, 0.15) is 71.1 Å². The predicted octanol–water partition coefficient (Wildman–Crippen LogP) is 6.87. The van der Waals surface area contributed by atoms with Crippen LogP contribution in [0.15, 0.2) is 53.6 Å². The number of anilines is 1. The number of carbonyl (C=O) groups excluding carboxylic acids is 4. The van der Waals surface area contributed by atoms with Crippen LogP contribution in [0.25, 0.3) is 0 Å². The van der Waals surface area contributed by atoms with Gasteiger partial charge in [0.15, 0.2) is 6.61 Å². The zero-order valence-electron chi connectivity index (χ0n) is 24.4. The maximum atomic E-state index is 13.4. The number of ether oxygens (including phenoxy) is 1. The van der Waals surface area contributed by atoms with E-state index in [0.717, 1.165) is 47.2 Å². The second-order valence-corrected chi connectivity index (χ2v) is 13.9. The molecule has 44 heavy (non-hydrogen) atoms. The summed E-state index contributed by atoms with van der Waals surface area (Å²) >= 11 is 13.1. The summed E-state index contributed by atoms with van der Waals surface area (Å²) in [6, 6.07) is 14.3. The van der Waals surface area contributed by atoms with Gasteiger partial charge in [-0.05, 0) is 84.7 Å². The fourth-order valence-corrected chi connectivity index (χ4v) is 7.02. The van der Waals surface area contributed by atoms with Crippen molar-refractivity contribution in [1.29, 1.82) is 5.26 Å². The number of rotatable bonds is 7. The Morgan fingerprint density at radius 2 is 1.82 bits per heavy atom. The predicted molar refractivity (Wildman–Crippen MR) is 168 cm³/mol. The monoisotopic (exact) mass is 649 g/mol. The van der Waals surface area contributed by atoms with Gasteiger partial charge in [-0.1, -0.05) is 55.7 Å². The normalized spacial score (nSPS) is 18.1. The molecule has 2 unspecified atom stereocenters. The van der Waals surface area contributed by atoms with Crippen molar-refractivity contribution in [3.05, 3.63) is 86.5 Å². The molecule has 8 nitrogen and oxygen atoms in total. The highest BCUT2D eigenvalue weighted by atomic mass is 35.5. The number of esters is 1. The molecule has 0 bridgehead atoms. The standard InChI is InChI=1S/C33H29Cl2N3O5S/c1-33(2,3)21-6-11-26-19(13-21)12-20(16-36)30(37-26)44-28-15-29(40)38(31(28)41)23-8-4-18(5-9-23)32(42)43-17-27(39)24-10-7-22(34)14-25(24)35/h4-5,7-10,12,14,21,28H,6,11,13,15,17H2,1-3H3. The summed E-state index contributed by atoms with van der Waals surface area (Å²) < 4.78 is 5.14. The van der Waals surface area contributed by atoms with E-state index >= 15 is 0 Å². The van der Waals surface area contributed by atoms with Gasteiger partial charge < -0.3 is 4.74 Å². The number of nitrogens with zero attached hydrogens (tertiary/aromatic N) is 3. The van der Waals surface area contributed by atoms with Crippen LogP contribution in [0.3, 0.4) is 0 Å². The minimum absolute atomic E-state index is 0.0433. The number of halogens is 2. The van der Waals surface area contributed by atoms with E-state index in [1.165, 1.54) is 42.5 Å². The second-order valence-electron chi connectivity index (χ2n) is 11.9. The Labute approximate surface area is 269 Å². The molecule has 5 rings (SSSR count). The summed E-state index contributed by atoms with van der Waals surface area (Å²) in [6.07, 6.45) is 2.62. The number of aromatic nitrogens is 1. The first-order chi connectivity index (χ1) is 20.8. The highest BCUT2D eigenvalue weighted by Gasteiger charge is 2.41. The molecule has 2 amide bonds. The van der Waals surface area contributed by atoms with Crippen molar-refractivity contribution in [2.75, 3.05) is 11.5 Å². The van der Waals surface area contributed by atoms with E-state index in [0.29, 0.717) is 27.2 Å². The molecular formula is C33H29Cl2N3O5S. The summed E-state index contributed by atoms with van der Waals surface area (Å²) in [5.74, 6) is -1.56. The molecule has 0 N–H and O–H groups in total. The van der Waals surface area contributed by atoms with Gasteiger partial charge in [-0.25, -0.2) is 14.7 Å². The van der Waals surface area contributed by atoms with E-state index in [4.69, 9.17) is 32.9 Å². The zero-order chi connectivity index (χ0) is 31.8. The van der Waals surface area contributed by atoms with Gasteiger partial charge in [0.25, 0.3) is 0 Å². The van der Waals surface area contributed by atoms with Crippen LogP contribution in [0, 0.1) is 22.7 Å². The largest absolute Gasteiger partial charge is 0.454 e. The fraction of sp³-hybridized carbons (Fsp3) is 0.333. The van der Waals surface area contributed by atoms with E-state index < -0.39 is 35.4 Å². The van der Waals surface area contributed by atoms with E-state index in [-0.39, 0.29) is 28.0 Å². The average molecular weight is 651 g/mol. The Morgan fingerprint density at radius 1 is 1.09 bits per heavy atom. The van der Waals surface area contributed by atoms with Crippen molar-refractivity contribution in [3.8, 4) is 6.07 Å². The first kappa shape index (κ1) is 31.7. The van der Waals surface area contributed by atoms with Crippen LogP contribution >= 0.6 is 35.0 Å². The number of fused-ring (bicyclic) bond motifs is 1. The molecule has 1 aliphatic heterocycles. The van der Waals surface area contributed by atoms with Crippen LogP contribution in [0.4, 0.5) is 5.69 Å². The molecule has 0 saturated carbocycles. The fourth-order valence-electron chi connectivity index (χ4n) is 5.41.